The van der Waals surface area contributed by atoms with Crippen molar-refractivity contribution in [3.05, 3.63) is 54.1 Å². The molecule has 2 N–H and O–H groups in total. The number of piperazine rings is 1. The molecule has 0 saturated carbocycles. The molecule has 0 aliphatic carbocycles. The van der Waals surface area contributed by atoms with E-state index in [0.717, 1.165) is 24.4 Å². The highest BCUT2D eigenvalue weighted by atomic mass is 32.2. The topological polar surface area (TPSA) is 80.1 Å². The summed E-state index contributed by atoms with van der Waals surface area (Å²) in [5, 5.41) is 2.80. The smallest absolute Gasteiger partial charge is 0.243 e. The Morgan fingerprint density at radius 2 is 1.68 bits per heavy atom. The summed E-state index contributed by atoms with van der Waals surface area (Å²) in [7, 11) is 0.166. The van der Waals surface area contributed by atoms with Gasteiger partial charge in [-0.25, -0.2) is 8.42 Å². The second-order valence-electron chi connectivity index (χ2n) is 6.96. The molecule has 0 bridgehead atoms. The second kappa shape index (κ2) is 8.72. The lowest BCUT2D eigenvalue weighted by molar-refractivity contribution is -0.883. The summed E-state index contributed by atoms with van der Waals surface area (Å²) >= 11 is 0. The number of nitrogens with zero attached hydrogens (tertiary/aromatic N) is 1. The van der Waals surface area contributed by atoms with E-state index in [0.29, 0.717) is 18.8 Å². The van der Waals surface area contributed by atoms with E-state index in [9.17, 15) is 13.2 Å². The van der Waals surface area contributed by atoms with E-state index < -0.39 is 10.0 Å². The number of anilines is 1. The largest absolute Gasteiger partial charge is 0.497 e. The Hall–Kier alpha value is -2.42. The van der Waals surface area contributed by atoms with Crippen molar-refractivity contribution in [3.63, 3.8) is 0 Å². The lowest BCUT2D eigenvalue weighted by atomic mass is 10.1. The zero-order valence-electron chi connectivity index (χ0n) is 16.1. The van der Waals surface area contributed by atoms with Crippen LogP contribution in [0.25, 0.3) is 0 Å². The van der Waals surface area contributed by atoms with Gasteiger partial charge in [-0.05, 0) is 42.0 Å². The number of methoxy groups -OCH3 is 1. The summed E-state index contributed by atoms with van der Waals surface area (Å²) in [5.41, 5.74) is 1.44. The van der Waals surface area contributed by atoms with Crippen molar-refractivity contribution in [3.8, 4) is 5.75 Å². The zero-order chi connectivity index (χ0) is 20.1. The number of nitrogens with one attached hydrogen (secondary N) is 2. The number of rotatable bonds is 6. The van der Waals surface area contributed by atoms with Gasteiger partial charge in [-0.15, -0.1) is 0 Å². The summed E-state index contributed by atoms with van der Waals surface area (Å²) in [6.07, 6.45) is 0.230. The Balaban J connectivity index is 1.61. The van der Waals surface area contributed by atoms with Crippen LogP contribution in [0.4, 0.5) is 5.69 Å². The number of quaternary nitrogens is 1. The predicted octanol–water partition coefficient (Wildman–Crippen LogP) is 0.395. The van der Waals surface area contributed by atoms with Crippen molar-refractivity contribution in [2.45, 2.75) is 11.3 Å². The van der Waals surface area contributed by atoms with Crippen LogP contribution in [0.2, 0.25) is 0 Å². The summed E-state index contributed by atoms with van der Waals surface area (Å²) < 4.78 is 32.1. The van der Waals surface area contributed by atoms with Gasteiger partial charge in [-0.1, -0.05) is 12.1 Å². The van der Waals surface area contributed by atoms with Crippen molar-refractivity contribution < 1.29 is 22.8 Å². The average Bonchev–Trinajstić information content (AvgIpc) is 2.69. The first-order valence-electron chi connectivity index (χ1n) is 9.23. The van der Waals surface area contributed by atoms with E-state index in [-0.39, 0.29) is 17.2 Å². The average molecular weight is 405 g/mol. The first-order chi connectivity index (χ1) is 13.4. The third kappa shape index (κ3) is 4.89. The van der Waals surface area contributed by atoms with Gasteiger partial charge in [0.05, 0.1) is 51.7 Å². The van der Waals surface area contributed by atoms with Crippen LogP contribution >= 0.6 is 0 Å². The fourth-order valence-corrected chi connectivity index (χ4v) is 4.54. The maximum atomic E-state index is 12.7. The number of ether oxygens (including phenoxy) is 1. The standard InChI is InChI=1S/C20H25N3O4S/c1-22-11-13-23(14-12-22)28(25,26)19-9-5-17(6-10-19)21-20(24)15-16-3-7-18(27-2)8-4-16/h3-10H,11-15H2,1-2H3,(H,21,24)/p+1. The fourth-order valence-electron chi connectivity index (χ4n) is 3.10. The summed E-state index contributed by atoms with van der Waals surface area (Å²) in [4.78, 5) is 13.8. The van der Waals surface area contributed by atoms with Crippen LogP contribution in [0.3, 0.4) is 0 Å². The van der Waals surface area contributed by atoms with E-state index in [1.807, 2.05) is 24.3 Å². The highest BCUT2D eigenvalue weighted by Crippen LogP contribution is 2.19. The van der Waals surface area contributed by atoms with Crippen molar-refractivity contribution in [1.82, 2.24) is 4.31 Å². The molecule has 1 aliphatic heterocycles. The summed E-state index contributed by atoms with van der Waals surface area (Å²) in [6.45, 7) is 2.65. The third-order valence-corrected chi connectivity index (χ3v) is 6.79. The van der Waals surface area contributed by atoms with Crippen molar-refractivity contribution >= 4 is 21.6 Å². The number of hydrogen-bond acceptors (Lipinski definition) is 4. The molecule has 3 rings (SSSR count). The van der Waals surface area contributed by atoms with Crippen LogP contribution in [0, 0.1) is 0 Å². The second-order valence-corrected chi connectivity index (χ2v) is 8.90. The molecule has 2 aromatic rings. The first kappa shape index (κ1) is 20.3. The van der Waals surface area contributed by atoms with Gasteiger partial charge in [-0.3, -0.25) is 4.79 Å². The van der Waals surface area contributed by atoms with Crippen LogP contribution < -0.4 is 15.0 Å². The van der Waals surface area contributed by atoms with Crippen LogP contribution in [0.5, 0.6) is 5.75 Å². The Morgan fingerprint density at radius 1 is 1.07 bits per heavy atom. The van der Waals surface area contributed by atoms with E-state index in [2.05, 4.69) is 12.4 Å². The highest BCUT2D eigenvalue weighted by Gasteiger charge is 2.28. The number of sulfonamides is 1. The molecular weight excluding hydrogens is 378 g/mol. The van der Waals surface area contributed by atoms with Crippen LogP contribution in [0.15, 0.2) is 53.4 Å². The predicted molar refractivity (Wildman–Crippen MR) is 107 cm³/mol. The number of hydrogen-bond donors (Lipinski definition) is 2. The molecule has 0 aromatic heterocycles. The number of amides is 1. The molecule has 0 radical (unpaired) electrons. The summed E-state index contributed by atoms with van der Waals surface area (Å²) in [5.74, 6) is 0.575. The molecule has 7 nitrogen and oxygen atoms in total. The normalized spacial score (nSPS) is 15.9. The number of carbonyl (C=O) groups excluding carboxylic acids is 1. The minimum Gasteiger partial charge on any atom is -0.497 e. The molecule has 1 aliphatic rings. The van der Waals surface area contributed by atoms with E-state index in [1.54, 1.807) is 31.4 Å². The molecule has 1 amide bonds. The Bertz CT molecular complexity index is 903. The molecule has 150 valence electrons. The molecule has 28 heavy (non-hydrogen) atoms. The van der Waals surface area contributed by atoms with Crippen molar-refractivity contribution in [1.29, 1.82) is 0 Å². The van der Waals surface area contributed by atoms with Gasteiger partial charge in [0.25, 0.3) is 0 Å². The van der Waals surface area contributed by atoms with Crippen LogP contribution in [0.1, 0.15) is 5.56 Å². The van der Waals surface area contributed by atoms with Crippen LogP contribution in [-0.4, -0.2) is 59.0 Å². The van der Waals surface area contributed by atoms with E-state index in [1.165, 1.54) is 9.21 Å². The first-order valence-corrected chi connectivity index (χ1v) is 10.7. The number of carbonyl (C=O) groups is 1. The molecule has 8 heteroatoms. The molecule has 0 spiro atoms. The molecular formula is C20H26N3O4S+. The van der Waals surface area contributed by atoms with Gasteiger partial charge in [0.2, 0.25) is 15.9 Å². The van der Waals surface area contributed by atoms with Gasteiger partial charge in [0, 0.05) is 5.69 Å². The fraction of sp³-hybridized carbons (Fsp3) is 0.350. The molecule has 2 aromatic carbocycles. The number of likely N-dealkylation sites (N-methyl/N-ethyl adjacent to an activating group) is 1. The third-order valence-electron chi connectivity index (χ3n) is 4.88. The van der Waals surface area contributed by atoms with Gasteiger partial charge in [0.1, 0.15) is 5.75 Å². The monoisotopic (exact) mass is 404 g/mol. The van der Waals surface area contributed by atoms with Gasteiger partial charge < -0.3 is 15.0 Å². The quantitative estimate of drug-likeness (QED) is 0.730. The lowest BCUT2D eigenvalue weighted by Crippen LogP contribution is -3.12. The lowest BCUT2D eigenvalue weighted by Gasteiger charge is -2.29. The molecule has 1 heterocycles. The van der Waals surface area contributed by atoms with Gasteiger partial charge in [-0.2, -0.15) is 4.31 Å². The molecule has 1 saturated heterocycles. The number of benzene rings is 2. The van der Waals surface area contributed by atoms with Gasteiger partial charge in [0.15, 0.2) is 0 Å². The molecule has 0 atom stereocenters. The Kier molecular flexibility index (Phi) is 6.33. The minimum absolute atomic E-state index is 0.164. The maximum Gasteiger partial charge on any atom is 0.243 e. The maximum absolute atomic E-state index is 12.7. The van der Waals surface area contributed by atoms with Crippen LogP contribution in [-0.2, 0) is 21.2 Å². The zero-order valence-corrected chi connectivity index (χ0v) is 17.0. The highest BCUT2D eigenvalue weighted by molar-refractivity contribution is 7.89. The van der Waals surface area contributed by atoms with Crippen molar-refractivity contribution in [2.24, 2.45) is 0 Å². The molecule has 1 fully saturated rings. The minimum atomic E-state index is -3.49. The Morgan fingerprint density at radius 3 is 2.25 bits per heavy atom. The van der Waals surface area contributed by atoms with Crippen molar-refractivity contribution in [2.75, 3.05) is 45.7 Å². The van der Waals surface area contributed by atoms with E-state index >= 15 is 0 Å². The van der Waals surface area contributed by atoms with E-state index in [4.69, 9.17) is 4.74 Å². The van der Waals surface area contributed by atoms with Gasteiger partial charge >= 0.3 is 0 Å². The summed E-state index contributed by atoms with van der Waals surface area (Å²) in [6, 6.07) is 13.6. The SMILES string of the molecule is COc1ccc(CC(=O)Nc2ccc(S(=O)(=O)N3CC[NH+](C)CC3)cc2)cc1. The molecule has 0 unspecified atom stereocenters. The Labute approximate surface area is 166 Å².